The molecule has 4 rings (SSSR count). The third-order valence-corrected chi connectivity index (χ3v) is 5.38. The summed E-state index contributed by atoms with van der Waals surface area (Å²) in [6.07, 6.45) is 0.0428. The minimum atomic E-state index is -0.648. The average molecular weight is 382 g/mol. The molecule has 0 aromatic heterocycles. The summed E-state index contributed by atoms with van der Waals surface area (Å²) in [5.41, 5.74) is 2.70. The molecule has 2 N–H and O–H groups in total. The van der Waals surface area contributed by atoms with Gasteiger partial charge in [0.15, 0.2) is 0 Å². The van der Waals surface area contributed by atoms with Crippen molar-refractivity contribution in [1.29, 1.82) is 0 Å². The first-order chi connectivity index (χ1) is 13.5. The van der Waals surface area contributed by atoms with Crippen molar-refractivity contribution in [3.63, 3.8) is 0 Å². The summed E-state index contributed by atoms with van der Waals surface area (Å²) in [7, 11) is 2.10. The molecule has 1 saturated heterocycles. The SMILES string of the molecule is CN1CCN(c2ccccc2NC(=O)C2CC(=O)Nc3cc(F)ccc32)CC1. The molecular weight excluding hydrogens is 359 g/mol. The topological polar surface area (TPSA) is 64.7 Å². The molecule has 0 aliphatic carbocycles. The van der Waals surface area contributed by atoms with Crippen LogP contribution >= 0.6 is 0 Å². The van der Waals surface area contributed by atoms with E-state index in [1.807, 2.05) is 24.3 Å². The van der Waals surface area contributed by atoms with Gasteiger partial charge in [-0.2, -0.15) is 0 Å². The lowest BCUT2D eigenvalue weighted by atomic mass is 9.89. The van der Waals surface area contributed by atoms with Crippen LogP contribution in [0.4, 0.5) is 21.5 Å². The number of hydrogen-bond donors (Lipinski definition) is 2. The number of amides is 2. The third-order valence-electron chi connectivity index (χ3n) is 5.38. The van der Waals surface area contributed by atoms with E-state index < -0.39 is 11.7 Å². The number of carbonyl (C=O) groups is 2. The fraction of sp³-hybridized carbons (Fsp3) is 0.333. The summed E-state index contributed by atoms with van der Waals surface area (Å²) in [5, 5.41) is 5.64. The molecule has 1 atom stereocenters. The predicted octanol–water partition coefficient (Wildman–Crippen LogP) is 2.64. The molecule has 6 nitrogen and oxygen atoms in total. The first kappa shape index (κ1) is 18.4. The van der Waals surface area contributed by atoms with Crippen LogP contribution in [0.15, 0.2) is 42.5 Å². The number of fused-ring (bicyclic) bond motifs is 1. The van der Waals surface area contributed by atoms with Crippen LogP contribution in [-0.4, -0.2) is 49.9 Å². The fourth-order valence-electron chi connectivity index (χ4n) is 3.79. The van der Waals surface area contributed by atoms with Crippen molar-refractivity contribution in [2.24, 2.45) is 0 Å². The average Bonchev–Trinajstić information content (AvgIpc) is 2.68. The molecule has 146 valence electrons. The monoisotopic (exact) mass is 382 g/mol. The number of nitrogens with zero attached hydrogens (tertiary/aromatic N) is 2. The van der Waals surface area contributed by atoms with Crippen molar-refractivity contribution >= 4 is 28.9 Å². The quantitative estimate of drug-likeness (QED) is 0.857. The van der Waals surface area contributed by atoms with Crippen molar-refractivity contribution in [2.75, 3.05) is 48.8 Å². The van der Waals surface area contributed by atoms with Crippen LogP contribution in [0.2, 0.25) is 0 Å². The van der Waals surface area contributed by atoms with E-state index in [-0.39, 0.29) is 18.2 Å². The Morgan fingerprint density at radius 2 is 1.89 bits per heavy atom. The summed E-state index contributed by atoms with van der Waals surface area (Å²) in [6, 6.07) is 11.8. The van der Waals surface area contributed by atoms with Crippen LogP contribution in [0.3, 0.4) is 0 Å². The van der Waals surface area contributed by atoms with Gasteiger partial charge in [-0.1, -0.05) is 18.2 Å². The van der Waals surface area contributed by atoms with Crippen LogP contribution in [0.25, 0.3) is 0 Å². The molecule has 2 aromatic rings. The standard InChI is InChI=1S/C21H23FN4O2/c1-25-8-10-26(11-9-25)19-5-3-2-4-17(19)24-21(28)16-13-20(27)23-18-12-14(22)6-7-15(16)18/h2-7,12,16H,8-11,13H2,1H3,(H,23,27)(H,24,28). The largest absolute Gasteiger partial charge is 0.367 e. The van der Waals surface area contributed by atoms with Crippen LogP contribution in [0, 0.1) is 5.82 Å². The van der Waals surface area contributed by atoms with Gasteiger partial charge in [-0.15, -0.1) is 0 Å². The maximum atomic E-state index is 13.5. The molecule has 2 aliphatic heterocycles. The van der Waals surface area contributed by atoms with Crippen LogP contribution in [-0.2, 0) is 9.59 Å². The highest BCUT2D eigenvalue weighted by Crippen LogP contribution is 2.35. The van der Waals surface area contributed by atoms with E-state index in [9.17, 15) is 14.0 Å². The first-order valence-electron chi connectivity index (χ1n) is 9.44. The molecule has 2 aliphatic rings. The van der Waals surface area contributed by atoms with E-state index in [1.165, 1.54) is 12.1 Å². The molecule has 0 spiro atoms. The number of likely N-dealkylation sites (N-methyl/N-ethyl adjacent to an activating group) is 1. The van der Waals surface area contributed by atoms with Crippen molar-refractivity contribution in [1.82, 2.24) is 4.90 Å². The maximum Gasteiger partial charge on any atom is 0.232 e. The second-order valence-corrected chi connectivity index (χ2v) is 7.33. The zero-order valence-corrected chi connectivity index (χ0v) is 15.7. The van der Waals surface area contributed by atoms with Gasteiger partial charge in [-0.05, 0) is 36.9 Å². The maximum absolute atomic E-state index is 13.5. The Balaban J connectivity index is 1.57. The number of anilines is 3. The number of benzene rings is 2. The molecule has 7 heteroatoms. The Kier molecular flexibility index (Phi) is 5.00. The molecular formula is C21H23FN4O2. The number of para-hydroxylation sites is 2. The summed E-state index contributed by atoms with van der Waals surface area (Å²) < 4.78 is 13.5. The van der Waals surface area contributed by atoms with Crippen LogP contribution < -0.4 is 15.5 Å². The molecule has 1 unspecified atom stereocenters. The number of hydrogen-bond acceptors (Lipinski definition) is 4. The lowest BCUT2D eigenvalue weighted by Gasteiger charge is -2.35. The third kappa shape index (κ3) is 3.71. The number of nitrogens with one attached hydrogen (secondary N) is 2. The van der Waals surface area contributed by atoms with Gasteiger partial charge in [-0.25, -0.2) is 4.39 Å². The molecule has 2 heterocycles. The lowest BCUT2D eigenvalue weighted by molar-refractivity contribution is -0.123. The van der Waals surface area contributed by atoms with Gasteiger partial charge in [0.25, 0.3) is 0 Å². The van der Waals surface area contributed by atoms with Gasteiger partial charge in [0, 0.05) is 38.3 Å². The van der Waals surface area contributed by atoms with Gasteiger partial charge >= 0.3 is 0 Å². The first-order valence-corrected chi connectivity index (χ1v) is 9.44. The predicted molar refractivity (Wildman–Crippen MR) is 107 cm³/mol. The van der Waals surface area contributed by atoms with Gasteiger partial charge in [0.2, 0.25) is 11.8 Å². The molecule has 28 heavy (non-hydrogen) atoms. The van der Waals surface area contributed by atoms with E-state index in [4.69, 9.17) is 0 Å². The fourth-order valence-corrected chi connectivity index (χ4v) is 3.79. The highest BCUT2D eigenvalue weighted by molar-refractivity contribution is 6.06. The van der Waals surface area contributed by atoms with Crippen molar-refractivity contribution in [3.8, 4) is 0 Å². The molecule has 0 radical (unpaired) electrons. The molecule has 0 saturated carbocycles. The smallest absolute Gasteiger partial charge is 0.232 e. The van der Waals surface area contributed by atoms with Crippen molar-refractivity contribution in [2.45, 2.75) is 12.3 Å². The number of rotatable bonds is 3. The minimum Gasteiger partial charge on any atom is -0.367 e. The Labute approximate surface area is 163 Å². The minimum absolute atomic E-state index is 0.0428. The van der Waals surface area contributed by atoms with E-state index in [0.717, 1.165) is 37.6 Å². The molecule has 1 fully saturated rings. The van der Waals surface area contributed by atoms with Crippen molar-refractivity contribution in [3.05, 3.63) is 53.8 Å². The number of halogens is 1. The summed E-state index contributed by atoms with van der Waals surface area (Å²) in [5.74, 6) is -1.64. The van der Waals surface area contributed by atoms with Gasteiger partial charge in [0.1, 0.15) is 5.82 Å². The Morgan fingerprint density at radius 1 is 1.14 bits per heavy atom. The Morgan fingerprint density at radius 3 is 2.68 bits per heavy atom. The van der Waals surface area contributed by atoms with Crippen LogP contribution in [0.5, 0.6) is 0 Å². The zero-order valence-electron chi connectivity index (χ0n) is 15.7. The summed E-state index contributed by atoms with van der Waals surface area (Å²) in [6.45, 7) is 3.70. The van der Waals surface area contributed by atoms with Gasteiger partial charge in [0.05, 0.1) is 17.3 Å². The van der Waals surface area contributed by atoms with E-state index in [2.05, 4.69) is 27.5 Å². The number of piperazine rings is 1. The van der Waals surface area contributed by atoms with E-state index >= 15 is 0 Å². The van der Waals surface area contributed by atoms with Gasteiger partial charge in [-0.3, -0.25) is 9.59 Å². The molecule has 2 aromatic carbocycles. The number of carbonyl (C=O) groups excluding carboxylic acids is 2. The summed E-state index contributed by atoms with van der Waals surface area (Å²) in [4.78, 5) is 29.6. The Bertz CT molecular complexity index is 909. The van der Waals surface area contributed by atoms with E-state index in [1.54, 1.807) is 6.07 Å². The zero-order chi connectivity index (χ0) is 19.7. The lowest BCUT2D eigenvalue weighted by Crippen LogP contribution is -2.44. The normalized spacial score (nSPS) is 19.7. The summed E-state index contributed by atoms with van der Waals surface area (Å²) >= 11 is 0. The van der Waals surface area contributed by atoms with Crippen LogP contribution in [0.1, 0.15) is 17.9 Å². The molecule has 2 amide bonds. The highest BCUT2D eigenvalue weighted by Gasteiger charge is 2.31. The molecule has 0 bridgehead atoms. The Hall–Kier alpha value is -2.93. The second kappa shape index (κ2) is 7.59. The van der Waals surface area contributed by atoms with Crippen molar-refractivity contribution < 1.29 is 14.0 Å². The van der Waals surface area contributed by atoms with E-state index in [0.29, 0.717) is 11.3 Å². The van der Waals surface area contributed by atoms with Gasteiger partial charge < -0.3 is 20.4 Å². The highest BCUT2D eigenvalue weighted by atomic mass is 19.1. The second-order valence-electron chi connectivity index (χ2n) is 7.33.